The minimum absolute atomic E-state index is 0.153. The average Bonchev–Trinajstić information content (AvgIpc) is 2.35. The number of nitrogen functional groups attached to an aromatic ring is 2. The van der Waals surface area contributed by atoms with Crippen LogP contribution in [0.2, 0.25) is 0 Å². The molecule has 0 aliphatic heterocycles. The summed E-state index contributed by atoms with van der Waals surface area (Å²) in [6, 6.07) is 8.30. The third kappa shape index (κ3) is 3.49. The Bertz CT molecular complexity index is 629. The van der Waals surface area contributed by atoms with Crippen LogP contribution in [0.25, 0.3) is 0 Å². The van der Waals surface area contributed by atoms with Gasteiger partial charge in [-0.25, -0.2) is 4.98 Å². The van der Waals surface area contributed by atoms with Gasteiger partial charge in [0.15, 0.2) is 5.16 Å². The molecule has 0 saturated heterocycles. The van der Waals surface area contributed by atoms with E-state index in [-0.39, 0.29) is 11.4 Å². The van der Waals surface area contributed by atoms with E-state index in [4.69, 9.17) is 11.5 Å². The summed E-state index contributed by atoms with van der Waals surface area (Å²) in [7, 11) is 0. The highest BCUT2D eigenvalue weighted by Crippen LogP contribution is 2.25. The first-order valence-corrected chi connectivity index (χ1v) is 6.57. The van der Waals surface area contributed by atoms with Crippen molar-refractivity contribution >= 4 is 23.3 Å². The number of aromatic amines is 1. The van der Waals surface area contributed by atoms with Crippen molar-refractivity contribution in [2.75, 3.05) is 17.2 Å². The fourth-order valence-electron chi connectivity index (χ4n) is 1.58. The maximum atomic E-state index is 11.2. The molecule has 6 N–H and O–H groups in total. The van der Waals surface area contributed by atoms with Gasteiger partial charge in [-0.1, -0.05) is 30.0 Å². The lowest BCUT2D eigenvalue weighted by Crippen LogP contribution is -2.11. The van der Waals surface area contributed by atoms with Crippen molar-refractivity contribution in [3.8, 4) is 0 Å². The van der Waals surface area contributed by atoms with Crippen LogP contribution in [0.15, 0.2) is 40.3 Å². The predicted octanol–water partition coefficient (Wildman–Crippen LogP) is 0.760. The summed E-state index contributed by atoms with van der Waals surface area (Å²) in [5.41, 5.74) is 12.1. The number of rotatable bonds is 4. The van der Waals surface area contributed by atoms with Gasteiger partial charge in [-0.2, -0.15) is 0 Å². The van der Waals surface area contributed by atoms with Crippen LogP contribution in [0.4, 0.5) is 11.5 Å². The van der Waals surface area contributed by atoms with Crippen molar-refractivity contribution in [3.05, 3.63) is 46.2 Å². The van der Waals surface area contributed by atoms with E-state index in [2.05, 4.69) is 9.97 Å². The summed E-state index contributed by atoms with van der Waals surface area (Å²) >= 11 is 1.21. The number of nitrogens with zero attached hydrogens (tertiary/aromatic N) is 1. The Morgan fingerprint density at radius 3 is 2.79 bits per heavy atom. The van der Waals surface area contributed by atoms with E-state index in [9.17, 15) is 9.90 Å². The van der Waals surface area contributed by atoms with E-state index in [0.29, 0.717) is 22.2 Å². The second-order valence-corrected chi connectivity index (χ2v) is 4.94. The minimum atomic E-state index is -0.738. The number of thioether (sulfide) groups is 1. The average molecular weight is 278 g/mol. The molecule has 1 unspecified atom stereocenters. The molecule has 1 aromatic carbocycles. The van der Waals surface area contributed by atoms with Crippen LogP contribution in [-0.4, -0.2) is 20.8 Å². The number of hydrogen-bond donors (Lipinski definition) is 4. The van der Waals surface area contributed by atoms with Gasteiger partial charge in [0, 0.05) is 23.1 Å². The number of H-pyrrole nitrogens is 1. The third-order valence-electron chi connectivity index (χ3n) is 2.47. The second-order valence-electron chi connectivity index (χ2n) is 3.93. The van der Waals surface area contributed by atoms with Crippen LogP contribution in [0.1, 0.15) is 11.7 Å². The van der Waals surface area contributed by atoms with E-state index in [1.807, 2.05) is 0 Å². The number of aromatic nitrogens is 2. The van der Waals surface area contributed by atoms with Crippen LogP contribution in [0, 0.1) is 0 Å². The molecule has 2 aromatic rings. The molecule has 0 amide bonds. The zero-order valence-corrected chi connectivity index (χ0v) is 10.9. The minimum Gasteiger partial charge on any atom is -0.398 e. The molecule has 0 aliphatic carbocycles. The van der Waals surface area contributed by atoms with Gasteiger partial charge in [0.25, 0.3) is 5.56 Å². The van der Waals surface area contributed by atoms with E-state index in [1.165, 1.54) is 17.8 Å². The predicted molar refractivity (Wildman–Crippen MR) is 75.8 cm³/mol. The standard InChI is InChI=1S/C12H14N4O2S/c13-8-4-2-1-3-7(8)9(17)6-19-12-15-10(14)5-11(18)16-12/h1-5,9,17H,6,13H2,(H3,14,15,16,18). The molecule has 0 bridgehead atoms. The van der Waals surface area contributed by atoms with Crippen LogP contribution in [0.3, 0.4) is 0 Å². The Kier molecular flexibility index (Phi) is 4.08. The van der Waals surface area contributed by atoms with E-state index in [0.717, 1.165) is 0 Å². The maximum Gasteiger partial charge on any atom is 0.253 e. The van der Waals surface area contributed by atoms with Crippen LogP contribution >= 0.6 is 11.8 Å². The fourth-order valence-corrected chi connectivity index (χ4v) is 2.42. The number of benzene rings is 1. The van der Waals surface area contributed by atoms with E-state index in [1.54, 1.807) is 24.3 Å². The summed E-state index contributed by atoms with van der Waals surface area (Å²) < 4.78 is 0. The Balaban J connectivity index is 2.06. The number of aliphatic hydroxyl groups is 1. The van der Waals surface area contributed by atoms with Gasteiger partial charge in [0.05, 0.1) is 6.10 Å². The van der Waals surface area contributed by atoms with Crippen molar-refractivity contribution in [1.29, 1.82) is 0 Å². The summed E-state index contributed by atoms with van der Waals surface area (Å²) in [4.78, 5) is 17.7. The van der Waals surface area contributed by atoms with Crippen molar-refractivity contribution < 1.29 is 5.11 Å². The largest absolute Gasteiger partial charge is 0.398 e. The highest BCUT2D eigenvalue weighted by atomic mass is 32.2. The highest BCUT2D eigenvalue weighted by Gasteiger charge is 2.12. The lowest BCUT2D eigenvalue weighted by Gasteiger charge is -2.12. The van der Waals surface area contributed by atoms with Gasteiger partial charge in [-0.05, 0) is 6.07 Å². The Hall–Kier alpha value is -1.99. The SMILES string of the molecule is Nc1cc(=O)[nH]c(SCC(O)c2ccccc2N)n1. The smallest absolute Gasteiger partial charge is 0.253 e. The molecule has 100 valence electrons. The molecule has 19 heavy (non-hydrogen) atoms. The van der Waals surface area contributed by atoms with E-state index < -0.39 is 6.10 Å². The van der Waals surface area contributed by atoms with Crippen LogP contribution in [0.5, 0.6) is 0 Å². The molecule has 2 rings (SSSR count). The summed E-state index contributed by atoms with van der Waals surface area (Å²) in [6.07, 6.45) is -0.738. The molecule has 0 saturated carbocycles. The van der Waals surface area contributed by atoms with Crippen molar-refractivity contribution in [3.63, 3.8) is 0 Å². The summed E-state index contributed by atoms with van der Waals surface area (Å²) in [6.45, 7) is 0. The molecular weight excluding hydrogens is 264 g/mol. The number of para-hydroxylation sites is 1. The lowest BCUT2D eigenvalue weighted by atomic mass is 10.1. The second kappa shape index (κ2) is 5.77. The molecule has 1 atom stereocenters. The topological polar surface area (TPSA) is 118 Å². The van der Waals surface area contributed by atoms with Gasteiger partial charge < -0.3 is 21.6 Å². The van der Waals surface area contributed by atoms with Gasteiger partial charge in [0.1, 0.15) is 5.82 Å². The van der Waals surface area contributed by atoms with Gasteiger partial charge in [-0.15, -0.1) is 0 Å². The molecule has 0 fully saturated rings. The molecule has 7 heteroatoms. The molecule has 1 aromatic heterocycles. The molecule has 0 spiro atoms. The first-order valence-electron chi connectivity index (χ1n) is 5.58. The van der Waals surface area contributed by atoms with Gasteiger partial charge >= 0.3 is 0 Å². The highest BCUT2D eigenvalue weighted by molar-refractivity contribution is 7.99. The van der Waals surface area contributed by atoms with E-state index >= 15 is 0 Å². The monoisotopic (exact) mass is 278 g/mol. The number of nitrogens with one attached hydrogen (secondary N) is 1. The zero-order chi connectivity index (χ0) is 13.8. The van der Waals surface area contributed by atoms with Crippen LogP contribution < -0.4 is 17.0 Å². The Labute approximate surface area is 113 Å². The Morgan fingerprint density at radius 1 is 1.37 bits per heavy atom. The summed E-state index contributed by atoms with van der Waals surface area (Å²) in [5, 5.41) is 10.4. The molecule has 0 radical (unpaired) electrons. The normalized spacial score (nSPS) is 12.3. The lowest BCUT2D eigenvalue weighted by molar-refractivity contribution is 0.205. The van der Waals surface area contributed by atoms with Crippen LogP contribution in [-0.2, 0) is 0 Å². The first kappa shape index (κ1) is 13.4. The summed E-state index contributed by atoms with van der Waals surface area (Å²) in [5.74, 6) is 0.473. The Morgan fingerprint density at radius 2 is 2.11 bits per heavy atom. The zero-order valence-electron chi connectivity index (χ0n) is 10.0. The quantitative estimate of drug-likeness (QED) is 0.372. The van der Waals surface area contributed by atoms with Crippen molar-refractivity contribution in [1.82, 2.24) is 9.97 Å². The molecule has 1 heterocycles. The number of aliphatic hydroxyl groups excluding tert-OH is 1. The van der Waals surface area contributed by atoms with Crippen molar-refractivity contribution in [2.24, 2.45) is 0 Å². The molecule has 6 nitrogen and oxygen atoms in total. The third-order valence-corrected chi connectivity index (χ3v) is 3.42. The number of hydrogen-bond acceptors (Lipinski definition) is 6. The fraction of sp³-hybridized carbons (Fsp3) is 0.167. The van der Waals surface area contributed by atoms with Crippen molar-refractivity contribution in [2.45, 2.75) is 11.3 Å². The first-order chi connectivity index (χ1) is 9.06. The molecular formula is C12H14N4O2S. The number of nitrogens with two attached hydrogens (primary N) is 2. The number of anilines is 2. The maximum absolute atomic E-state index is 11.2. The van der Waals surface area contributed by atoms with Gasteiger partial charge in [0.2, 0.25) is 0 Å². The van der Waals surface area contributed by atoms with Gasteiger partial charge in [-0.3, -0.25) is 4.79 Å². The molecule has 0 aliphatic rings.